The molecule has 0 aromatic heterocycles. The third-order valence-electron chi connectivity index (χ3n) is 5.32. The molecule has 0 bridgehead atoms. The van der Waals surface area contributed by atoms with Gasteiger partial charge in [-0.2, -0.15) is 4.31 Å². The first-order chi connectivity index (χ1) is 14.3. The van der Waals surface area contributed by atoms with Crippen molar-refractivity contribution in [3.05, 3.63) is 59.9 Å². The van der Waals surface area contributed by atoms with E-state index in [0.717, 1.165) is 18.4 Å². The lowest BCUT2D eigenvalue weighted by atomic mass is 10.0. The van der Waals surface area contributed by atoms with E-state index in [1.54, 1.807) is 31.2 Å². The first-order valence-electron chi connectivity index (χ1n) is 10.0. The summed E-state index contributed by atoms with van der Waals surface area (Å²) in [6, 6.07) is 11.7. The molecule has 2 aromatic carbocycles. The van der Waals surface area contributed by atoms with E-state index in [1.165, 1.54) is 28.6 Å². The van der Waals surface area contributed by atoms with Crippen LogP contribution in [-0.2, 0) is 14.8 Å². The molecular weight excluding hydrogens is 407 g/mol. The van der Waals surface area contributed by atoms with Crippen molar-refractivity contribution in [3.8, 4) is 5.75 Å². The van der Waals surface area contributed by atoms with Crippen LogP contribution in [0.3, 0.4) is 0 Å². The van der Waals surface area contributed by atoms with Crippen LogP contribution in [0, 0.1) is 11.7 Å². The van der Waals surface area contributed by atoms with Crippen LogP contribution in [0.2, 0.25) is 0 Å². The van der Waals surface area contributed by atoms with Crippen molar-refractivity contribution < 1.29 is 22.3 Å². The Labute approximate surface area is 177 Å². The number of hydrogen-bond donors (Lipinski definition) is 1. The Bertz CT molecular complexity index is 954. The molecule has 162 valence electrons. The lowest BCUT2D eigenvalue weighted by molar-refractivity contribution is -0.123. The van der Waals surface area contributed by atoms with Crippen LogP contribution in [0.4, 0.5) is 4.39 Å². The van der Waals surface area contributed by atoms with Crippen molar-refractivity contribution in [1.29, 1.82) is 0 Å². The van der Waals surface area contributed by atoms with Gasteiger partial charge in [-0.25, -0.2) is 12.8 Å². The van der Waals surface area contributed by atoms with Crippen molar-refractivity contribution in [2.24, 2.45) is 5.92 Å². The molecule has 1 aliphatic rings. The second kappa shape index (κ2) is 9.57. The fraction of sp³-hybridized carbons (Fsp3) is 0.409. The molecule has 30 heavy (non-hydrogen) atoms. The smallest absolute Gasteiger partial charge is 0.258 e. The van der Waals surface area contributed by atoms with E-state index in [0.29, 0.717) is 24.8 Å². The molecule has 0 saturated carbocycles. The number of rotatable bonds is 7. The number of sulfonamides is 1. The molecule has 0 unspecified atom stereocenters. The second-order valence-corrected chi connectivity index (χ2v) is 9.63. The van der Waals surface area contributed by atoms with Crippen LogP contribution in [-0.4, -0.2) is 38.3 Å². The van der Waals surface area contributed by atoms with Gasteiger partial charge >= 0.3 is 0 Å². The minimum Gasteiger partial charge on any atom is -0.484 e. The molecule has 8 heteroatoms. The zero-order valence-corrected chi connectivity index (χ0v) is 18.0. The Morgan fingerprint density at radius 3 is 2.33 bits per heavy atom. The molecular formula is C22H27FN2O4S. The Balaban J connectivity index is 1.53. The van der Waals surface area contributed by atoms with Gasteiger partial charge in [-0.1, -0.05) is 19.1 Å². The maximum Gasteiger partial charge on any atom is 0.258 e. The van der Waals surface area contributed by atoms with Gasteiger partial charge in [0.1, 0.15) is 11.6 Å². The molecule has 3 rings (SSSR count). The van der Waals surface area contributed by atoms with Crippen LogP contribution < -0.4 is 10.1 Å². The molecule has 1 fully saturated rings. The van der Waals surface area contributed by atoms with Crippen LogP contribution >= 0.6 is 0 Å². The molecule has 0 aliphatic carbocycles. The molecule has 1 aliphatic heterocycles. The van der Waals surface area contributed by atoms with Gasteiger partial charge in [0.25, 0.3) is 5.91 Å². The van der Waals surface area contributed by atoms with Crippen molar-refractivity contribution in [2.75, 3.05) is 19.7 Å². The van der Waals surface area contributed by atoms with Gasteiger partial charge in [-0.3, -0.25) is 4.79 Å². The normalized spacial score (nSPS) is 16.8. The van der Waals surface area contributed by atoms with Gasteiger partial charge in [0.2, 0.25) is 10.0 Å². The Kier molecular flexibility index (Phi) is 7.10. The van der Waals surface area contributed by atoms with E-state index in [9.17, 15) is 17.6 Å². The Morgan fingerprint density at radius 2 is 1.73 bits per heavy atom. The number of piperidine rings is 1. The topological polar surface area (TPSA) is 75.7 Å². The van der Waals surface area contributed by atoms with E-state index < -0.39 is 10.0 Å². The summed E-state index contributed by atoms with van der Waals surface area (Å²) in [5, 5.41) is 2.78. The third kappa shape index (κ3) is 5.58. The standard InChI is InChI=1S/C22H27FN2O4S/c1-16-11-13-25(14-12-16)30(27,28)21-9-7-20(8-10-21)29-15-22(26)24-17(2)18-3-5-19(23)6-4-18/h3-10,16-17H,11-15H2,1-2H3,(H,24,26)/t17-/m1/s1. The highest BCUT2D eigenvalue weighted by molar-refractivity contribution is 7.89. The van der Waals surface area contributed by atoms with Crippen molar-refractivity contribution >= 4 is 15.9 Å². The largest absolute Gasteiger partial charge is 0.484 e. The summed E-state index contributed by atoms with van der Waals surface area (Å²) in [7, 11) is -3.51. The molecule has 1 N–H and O–H groups in total. The highest BCUT2D eigenvalue weighted by Crippen LogP contribution is 2.24. The number of ether oxygens (including phenoxy) is 1. The zero-order valence-electron chi connectivity index (χ0n) is 17.2. The Hall–Kier alpha value is -2.45. The van der Waals surface area contributed by atoms with Crippen LogP contribution in [0.5, 0.6) is 5.75 Å². The van der Waals surface area contributed by atoms with Gasteiger partial charge in [0.05, 0.1) is 10.9 Å². The van der Waals surface area contributed by atoms with Crippen molar-refractivity contribution in [1.82, 2.24) is 9.62 Å². The second-order valence-electron chi connectivity index (χ2n) is 7.69. The number of nitrogens with one attached hydrogen (secondary N) is 1. The summed E-state index contributed by atoms with van der Waals surface area (Å²) in [5.74, 6) is 0.293. The summed E-state index contributed by atoms with van der Waals surface area (Å²) < 4.78 is 45.5. The molecule has 1 atom stereocenters. The van der Waals surface area contributed by atoms with Crippen LogP contribution in [0.25, 0.3) is 0 Å². The average Bonchev–Trinajstić information content (AvgIpc) is 2.73. The predicted molar refractivity (Wildman–Crippen MR) is 112 cm³/mol. The predicted octanol–water partition coefficient (Wildman–Crippen LogP) is 3.50. The number of halogens is 1. The van der Waals surface area contributed by atoms with Gasteiger partial charge in [0, 0.05) is 13.1 Å². The fourth-order valence-corrected chi connectivity index (χ4v) is 4.82. The van der Waals surface area contributed by atoms with Gasteiger partial charge in [0.15, 0.2) is 6.61 Å². The lowest BCUT2D eigenvalue weighted by Crippen LogP contribution is -2.37. The maximum atomic E-state index is 13.0. The van der Waals surface area contributed by atoms with E-state index in [4.69, 9.17) is 4.74 Å². The SMILES string of the molecule is CC1CCN(S(=O)(=O)c2ccc(OCC(=O)N[C@H](C)c3ccc(F)cc3)cc2)CC1. The molecule has 2 aromatic rings. The zero-order chi connectivity index (χ0) is 21.7. The minimum absolute atomic E-state index is 0.207. The molecule has 1 saturated heterocycles. The van der Waals surface area contributed by atoms with E-state index in [-0.39, 0.29) is 29.3 Å². The summed E-state index contributed by atoms with van der Waals surface area (Å²) in [4.78, 5) is 12.3. The van der Waals surface area contributed by atoms with Crippen LogP contribution in [0.1, 0.15) is 38.3 Å². The number of nitrogens with zero attached hydrogens (tertiary/aromatic N) is 1. The molecule has 0 spiro atoms. The van der Waals surface area contributed by atoms with Crippen molar-refractivity contribution in [3.63, 3.8) is 0 Å². The van der Waals surface area contributed by atoms with Crippen LogP contribution in [0.15, 0.2) is 53.4 Å². The number of carbonyl (C=O) groups is 1. The van der Waals surface area contributed by atoms with Gasteiger partial charge in [-0.05, 0) is 67.6 Å². The summed E-state index contributed by atoms with van der Waals surface area (Å²) in [5.41, 5.74) is 0.784. The monoisotopic (exact) mass is 434 g/mol. The van der Waals surface area contributed by atoms with Crippen molar-refractivity contribution in [2.45, 2.75) is 37.6 Å². The number of benzene rings is 2. The van der Waals surface area contributed by atoms with Gasteiger partial charge < -0.3 is 10.1 Å². The molecule has 6 nitrogen and oxygen atoms in total. The minimum atomic E-state index is -3.51. The Morgan fingerprint density at radius 1 is 1.13 bits per heavy atom. The van der Waals surface area contributed by atoms with E-state index in [1.807, 2.05) is 0 Å². The first-order valence-corrected chi connectivity index (χ1v) is 11.5. The van der Waals surface area contributed by atoms with E-state index >= 15 is 0 Å². The highest BCUT2D eigenvalue weighted by atomic mass is 32.2. The summed E-state index contributed by atoms with van der Waals surface area (Å²) in [6.45, 7) is 4.79. The molecule has 1 amide bonds. The quantitative estimate of drug-likeness (QED) is 0.724. The van der Waals surface area contributed by atoms with Gasteiger partial charge in [-0.15, -0.1) is 0 Å². The number of carbonyl (C=O) groups excluding carboxylic acids is 1. The highest BCUT2D eigenvalue weighted by Gasteiger charge is 2.27. The lowest BCUT2D eigenvalue weighted by Gasteiger charge is -2.29. The summed E-state index contributed by atoms with van der Waals surface area (Å²) in [6.07, 6.45) is 1.73. The number of hydrogen-bond acceptors (Lipinski definition) is 4. The fourth-order valence-electron chi connectivity index (χ4n) is 3.35. The molecule has 0 radical (unpaired) electrons. The average molecular weight is 435 g/mol. The van der Waals surface area contributed by atoms with E-state index in [2.05, 4.69) is 12.2 Å². The summed E-state index contributed by atoms with van der Waals surface area (Å²) >= 11 is 0. The molecule has 1 heterocycles. The maximum absolute atomic E-state index is 13.0. The third-order valence-corrected chi connectivity index (χ3v) is 7.23. The first kappa shape index (κ1) is 22.2. The number of amides is 1.